The van der Waals surface area contributed by atoms with Crippen molar-refractivity contribution in [1.82, 2.24) is 0 Å². The molecule has 0 fully saturated rings. The largest absolute Gasteiger partial charge is 0.488 e. The number of hydrogen-bond acceptors (Lipinski definition) is 1. The van der Waals surface area contributed by atoms with E-state index in [1.54, 1.807) is 18.2 Å². The summed E-state index contributed by atoms with van der Waals surface area (Å²) < 4.78 is 90.0. The van der Waals surface area contributed by atoms with Gasteiger partial charge in [0.15, 0.2) is 34.9 Å². The first-order chi connectivity index (χ1) is 14.2. The number of rotatable bonds is 3. The van der Waals surface area contributed by atoms with Crippen LogP contribution < -0.4 is 4.74 Å². The molecule has 0 heterocycles. The van der Waals surface area contributed by atoms with Crippen LogP contribution in [0.3, 0.4) is 0 Å². The van der Waals surface area contributed by atoms with Crippen molar-refractivity contribution < 1.29 is 31.1 Å². The molecule has 0 saturated heterocycles. The number of halogens is 8. The van der Waals surface area contributed by atoms with Gasteiger partial charge in [0.1, 0.15) is 12.4 Å². The van der Waals surface area contributed by atoms with Crippen LogP contribution in [0.25, 0.3) is 21.5 Å². The van der Waals surface area contributed by atoms with Crippen molar-refractivity contribution in [1.29, 1.82) is 0 Å². The van der Waals surface area contributed by atoms with E-state index in [0.29, 0.717) is 4.47 Å². The molecule has 0 aliphatic heterocycles. The van der Waals surface area contributed by atoms with Crippen molar-refractivity contribution in [3.05, 3.63) is 85.8 Å². The highest BCUT2D eigenvalue weighted by Crippen LogP contribution is 2.39. The summed E-state index contributed by atoms with van der Waals surface area (Å²) in [5, 5.41) is -0.589. The second kappa shape index (κ2) is 7.77. The first-order valence-electron chi connectivity index (χ1n) is 8.35. The first kappa shape index (κ1) is 21.0. The summed E-state index contributed by atoms with van der Waals surface area (Å²) in [6.07, 6.45) is 0. The Labute approximate surface area is 182 Å². The minimum Gasteiger partial charge on any atom is -0.488 e. The van der Waals surface area contributed by atoms with E-state index in [-0.39, 0.29) is 5.75 Å². The van der Waals surface area contributed by atoms with Crippen LogP contribution in [0.1, 0.15) is 5.56 Å². The molecule has 0 atom stereocenters. The predicted octanol–water partition coefficient (Wildman–Crippen LogP) is 7.93. The molecule has 0 unspecified atom stereocenters. The number of hydrogen-bond donors (Lipinski definition) is 0. The number of benzene rings is 4. The molecule has 0 bridgehead atoms. The highest BCUT2D eigenvalue weighted by Gasteiger charge is 2.29. The summed E-state index contributed by atoms with van der Waals surface area (Å²) >= 11 is 6.23. The van der Waals surface area contributed by atoms with Crippen LogP contribution in [-0.4, -0.2) is 0 Å². The lowest BCUT2D eigenvalue weighted by molar-refractivity contribution is 0.295. The van der Waals surface area contributed by atoms with Gasteiger partial charge >= 0.3 is 0 Å². The molecule has 0 amide bonds. The summed E-state index contributed by atoms with van der Waals surface area (Å²) in [4.78, 5) is 0. The van der Waals surface area contributed by atoms with Crippen LogP contribution in [0.2, 0.25) is 0 Å². The molecule has 4 rings (SSSR count). The summed E-state index contributed by atoms with van der Waals surface area (Å²) in [5.74, 6) is -11.4. The molecule has 0 radical (unpaired) electrons. The molecule has 30 heavy (non-hydrogen) atoms. The maximum absolute atomic E-state index is 14.6. The van der Waals surface area contributed by atoms with E-state index in [0.717, 1.165) is 10.8 Å². The highest BCUT2D eigenvalue weighted by atomic mass is 79.9. The zero-order valence-electron chi connectivity index (χ0n) is 14.6. The smallest absolute Gasteiger partial charge is 0.198 e. The molecular weight excluding hydrogens is 542 g/mol. The molecule has 4 aromatic carbocycles. The lowest BCUT2D eigenvalue weighted by Crippen LogP contribution is -2.08. The third kappa shape index (κ3) is 3.15. The van der Waals surface area contributed by atoms with Gasteiger partial charge in [-0.25, -0.2) is 26.3 Å². The average Bonchev–Trinajstić information content (AvgIpc) is 2.74. The molecule has 0 N–H and O–H groups in total. The summed E-state index contributed by atoms with van der Waals surface area (Å²) in [7, 11) is 0. The van der Waals surface area contributed by atoms with Gasteiger partial charge < -0.3 is 4.74 Å². The van der Waals surface area contributed by atoms with Crippen molar-refractivity contribution >= 4 is 53.4 Å². The van der Waals surface area contributed by atoms with Gasteiger partial charge in [-0.15, -0.1) is 0 Å². The topological polar surface area (TPSA) is 9.23 Å². The van der Waals surface area contributed by atoms with Gasteiger partial charge in [-0.05, 0) is 48.7 Å². The molecule has 0 aromatic heterocycles. The molecule has 0 aliphatic carbocycles. The monoisotopic (exact) mass is 548 g/mol. The van der Waals surface area contributed by atoms with E-state index < -0.39 is 62.3 Å². The fourth-order valence-corrected chi connectivity index (χ4v) is 4.40. The van der Waals surface area contributed by atoms with Gasteiger partial charge in [0.05, 0.1) is 9.86 Å². The molecule has 0 aliphatic rings. The Bertz CT molecular complexity index is 1340. The Hall–Kier alpha value is -2.26. The van der Waals surface area contributed by atoms with Gasteiger partial charge in [-0.1, -0.05) is 30.3 Å². The van der Waals surface area contributed by atoms with Crippen molar-refractivity contribution in [2.24, 2.45) is 0 Å². The SMILES string of the molecule is Fc1c(F)c(F)c2c(Br)c(COc3ccc4ccccc4c3Br)c(F)c(F)c2c1F. The highest BCUT2D eigenvalue weighted by molar-refractivity contribution is 9.11. The predicted molar refractivity (Wildman–Crippen MR) is 107 cm³/mol. The third-order valence-corrected chi connectivity index (χ3v) is 6.32. The van der Waals surface area contributed by atoms with E-state index in [9.17, 15) is 26.3 Å². The third-order valence-electron chi connectivity index (χ3n) is 4.63. The molecule has 4 aromatic rings. The van der Waals surface area contributed by atoms with E-state index in [1.165, 1.54) is 0 Å². The summed E-state index contributed by atoms with van der Waals surface area (Å²) in [6.45, 7) is -0.601. The van der Waals surface area contributed by atoms with Crippen molar-refractivity contribution in [2.75, 3.05) is 0 Å². The van der Waals surface area contributed by atoms with Crippen LogP contribution in [0.5, 0.6) is 5.75 Å². The normalized spacial score (nSPS) is 11.5. The zero-order valence-corrected chi connectivity index (χ0v) is 17.8. The molecule has 9 heteroatoms. The number of ether oxygens (including phenoxy) is 1. The number of fused-ring (bicyclic) bond motifs is 2. The van der Waals surface area contributed by atoms with Crippen molar-refractivity contribution in [2.45, 2.75) is 6.61 Å². The lowest BCUT2D eigenvalue weighted by Gasteiger charge is -2.15. The van der Waals surface area contributed by atoms with Gasteiger partial charge in [0.2, 0.25) is 0 Å². The van der Waals surface area contributed by atoms with Crippen LogP contribution in [0.4, 0.5) is 26.3 Å². The fraction of sp³-hybridized carbons (Fsp3) is 0.0476. The molecule has 0 saturated carbocycles. The quantitative estimate of drug-likeness (QED) is 0.143. The zero-order chi connectivity index (χ0) is 21.7. The van der Waals surface area contributed by atoms with Gasteiger partial charge in [-0.3, -0.25) is 0 Å². The van der Waals surface area contributed by atoms with Crippen LogP contribution in [0, 0.1) is 34.9 Å². The Morgan fingerprint density at radius 3 is 1.93 bits per heavy atom. The summed E-state index contributed by atoms with van der Waals surface area (Å²) in [6, 6.07) is 10.7. The van der Waals surface area contributed by atoms with Crippen molar-refractivity contribution in [3.8, 4) is 5.75 Å². The Morgan fingerprint density at radius 1 is 0.633 bits per heavy atom. The second-order valence-corrected chi connectivity index (χ2v) is 7.90. The first-order valence-corrected chi connectivity index (χ1v) is 9.93. The molecule has 1 nitrogen and oxygen atoms in total. The van der Waals surface area contributed by atoms with Crippen LogP contribution >= 0.6 is 31.9 Å². The molecular formula is C21H8Br2F6O. The minimum atomic E-state index is -2.23. The van der Waals surface area contributed by atoms with Gasteiger partial charge in [0.25, 0.3) is 0 Å². The van der Waals surface area contributed by atoms with Gasteiger partial charge in [0, 0.05) is 15.4 Å². The molecule has 0 spiro atoms. The maximum atomic E-state index is 14.6. The van der Waals surface area contributed by atoms with Crippen LogP contribution in [-0.2, 0) is 6.61 Å². The van der Waals surface area contributed by atoms with Gasteiger partial charge in [-0.2, -0.15) is 0 Å². The summed E-state index contributed by atoms with van der Waals surface area (Å²) in [5.41, 5.74) is -0.524. The Morgan fingerprint density at radius 2 is 1.23 bits per heavy atom. The maximum Gasteiger partial charge on any atom is 0.198 e. The van der Waals surface area contributed by atoms with E-state index in [4.69, 9.17) is 4.74 Å². The lowest BCUT2D eigenvalue weighted by atomic mass is 10.0. The fourth-order valence-electron chi connectivity index (χ4n) is 3.14. The average molecular weight is 550 g/mol. The minimum absolute atomic E-state index is 0.275. The van der Waals surface area contributed by atoms with E-state index in [2.05, 4.69) is 31.9 Å². The standard InChI is InChI=1S/C21H8Br2F6O/c22-14-9-4-2-1-3-8(9)5-6-11(14)30-7-10-15(23)12-13(18(26)16(10)24)19(27)21(29)20(28)17(12)25/h1-6H,7H2. The Balaban J connectivity index is 1.84. The van der Waals surface area contributed by atoms with E-state index in [1.807, 2.05) is 18.2 Å². The van der Waals surface area contributed by atoms with Crippen LogP contribution in [0.15, 0.2) is 45.3 Å². The van der Waals surface area contributed by atoms with Crippen molar-refractivity contribution in [3.63, 3.8) is 0 Å². The van der Waals surface area contributed by atoms with E-state index >= 15 is 0 Å². The Kier molecular flexibility index (Phi) is 5.44. The molecule has 154 valence electrons. The second-order valence-electron chi connectivity index (χ2n) is 6.31.